The van der Waals surface area contributed by atoms with E-state index in [2.05, 4.69) is 5.32 Å². The zero-order valence-corrected chi connectivity index (χ0v) is 19.2. The predicted octanol–water partition coefficient (Wildman–Crippen LogP) is 3.49. The fourth-order valence-corrected chi connectivity index (χ4v) is 5.12. The predicted molar refractivity (Wildman–Crippen MR) is 125 cm³/mol. The monoisotopic (exact) mass is 453 g/mol. The van der Waals surface area contributed by atoms with E-state index in [1.54, 1.807) is 67.9 Å². The molecule has 7 nitrogen and oxygen atoms in total. The lowest BCUT2D eigenvalue weighted by Gasteiger charge is -2.20. The number of nitrogens with zero attached hydrogens (tertiary/aromatic N) is 2. The van der Waals surface area contributed by atoms with E-state index in [4.69, 9.17) is 0 Å². The molecule has 3 rings (SSSR count). The molecule has 8 heteroatoms. The first-order chi connectivity index (χ1) is 15.3. The second-order valence-electron chi connectivity index (χ2n) is 7.39. The van der Waals surface area contributed by atoms with Gasteiger partial charge in [-0.3, -0.25) is 9.59 Å². The summed E-state index contributed by atoms with van der Waals surface area (Å²) in [6, 6.07) is 16.9. The molecule has 1 aromatic heterocycles. The molecule has 0 bridgehead atoms. The smallest absolute Gasteiger partial charge is 0.255 e. The highest BCUT2D eigenvalue weighted by Gasteiger charge is 2.24. The van der Waals surface area contributed by atoms with Gasteiger partial charge in [-0.05, 0) is 48.4 Å². The van der Waals surface area contributed by atoms with E-state index in [1.165, 1.54) is 16.4 Å². The Morgan fingerprint density at radius 3 is 2.31 bits per heavy atom. The van der Waals surface area contributed by atoms with Crippen molar-refractivity contribution in [3.63, 3.8) is 0 Å². The van der Waals surface area contributed by atoms with Crippen molar-refractivity contribution in [3.05, 3.63) is 93.9 Å². The number of amides is 1. The average molecular weight is 454 g/mol. The highest BCUT2D eigenvalue weighted by atomic mass is 32.2. The van der Waals surface area contributed by atoms with E-state index in [0.717, 1.165) is 5.56 Å². The Morgan fingerprint density at radius 2 is 1.69 bits per heavy atom. The number of carbonyl (C=O) groups excluding carboxylic acids is 1. The zero-order valence-electron chi connectivity index (χ0n) is 18.4. The summed E-state index contributed by atoms with van der Waals surface area (Å²) in [5.74, 6) is -0.395. The van der Waals surface area contributed by atoms with Gasteiger partial charge in [0.25, 0.3) is 11.5 Å². The second-order valence-corrected chi connectivity index (χ2v) is 9.29. The van der Waals surface area contributed by atoms with Crippen molar-refractivity contribution in [3.8, 4) is 0 Å². The topological polar surface area (TPSA) is 88.5 Å². The van der Waals surface area contributed by atoms with Gasteiger partial charge in [0.1, 0.15) is 0 Å². The molecule has 0 atom stereocenters. The first kappa shape index (κ1) is 23.4. The molecule has 0 aliphatic carbocycles. The van der Waals surface area contributed by atoms with Crippen molar-refractivity contribution in [1.29, 1.82) is 0 Å². The van der Waals surface area contributed by atoms with Gasteiger partial charge in [0, 0.05) is 36.6 Å². The van der Waals surface area contributed by atoms with Crippen LogP contribution in [0.25, 0.3) is 0 Å². The Balaban J connectivity index is 1.77. The number of anilines is 1. The molecule has 1 heterocycles. The SMILES string of the molecule is CCN(CC)S(=O)(=O)c1cc(C(=O)Nc2ccc(Cn3ccccc3=O)cc2)ccc1C. The minimum atomic E-state index is -3.67. The molecular weight excluding hydrogens is 426 g/mol. The standard InChI is InChI=1S/C24H27N3O4S/c1-4-27(5-2)32(30,31)22-16-20(12-9-18(22)3)24(29)25-21-13-10-19(11-14-21)17-26-15-7-6-8-23(26)28/h6-16H,4-5,17H2,1-3H3,(H,25,29). The van der Waals surface area contributed by atoms with Gasteiger partial charge >= 0.3 is 0 Å². The van der Waals surface area contributed by atoms with Crippen molar-refractivity contribution < 1.29 is 13.2 Å². The number of aromatic nitrogens is 1. The molecule has 3 aromatic rings. The molecule has 0 spiro atoms. The van der Waals surface area contributed by atoms with Crippen LogP contribution in [0.2, 0.25) is 0 Å². The third-order valence-electron chi connectivity index (χ3n) is 5.24. The van der Waals surface area contributed by atoms with E-state index in [0.29, 0.717) is 30.9 Å². The Morgan fingerprint density at radius 1 is 1.00 bits per heavy atom. The van der Waals surface area contributed by atoms with Gasteiger partial charge < -0.3 is 9.88 Å². The average Bonchev–Trinajstić information content (AvgIpc) is 2.77. The summed E-state index contributed by atoms with van der Waals surface area (Å²) in [5.41, 5.74) is 2.27. The van der Waals surface area contributed by atoms with Gasteiger partial charge in [-0.15, -0.1) is 0 Å². The van der Waals surface area contributed by atoms with Gasteiger partial charge in [-0.25, -0.2) is 8.42 Å². The number of hydrogen-bond donors (Lipinski definition) is 1. The number of nitrogens with one attached hydrogen (secondary N) is 1. The Bertz CT molecular complexity index is 1260. The number of pyridine rings is 1. The molecule has 0 aliphatic heterocycles. The van der Waals surface area contributed by atoms with Gasteiger partial charge in [-0.1, -0.05) is 38.1 Å². The molecule has 1 amide bonds. The van der Waals surface area contributed by atoms with Crippen molar-refractivity contribution in [2.45, 2.75) is 32.2 Å². The lowest BCUT2D eigenvalue weighted by molar-refractivity contribution is 0.102. The lowest BCUT2D eigenvalue weighted by atomic mass is 10.1. The maximum absolute atomic E-state index is 12.9. The minimum Gasteiger partial charge on any atom is -0.322 e. The molecule has 0 fully saturated rings. The van der Waals surface area contributed by atoms with Crippen LogP contribution in [0.1, 0.15) is 35.3 Å². The maximum atomic E-state index is 12.9. The molecule has 0 unspecified atom stereocenters. The summed E-state index contributed by atoms with van der Waals surface area (Å²) in [5, 5.41) is 2.80. The molecule has 0 saturated heterocycles. The molecule has 0 aliphatic rings. The maximum Gasteiger partial charge on any atom is 0.255 e. The highest BCUT2D eigenvalue weighted by Crippen LogP contribution is 2.22. The van der Waals surface area contributed by atoms with Gasteiger partial charge in [-0.2, -0.15) is 4.31 Å². The van der Waals surface area contributed by atoms with E-state index in [-0.39, 0.29) is 16.0 Å². The molecule has 0 saturated carbocycles. The number of aryl methyl sites for hydroxylation is 1. The summed E-state index contributed by atoms with van der Waals surface area (Å²) < 4.78 is 28.8. The minimum absolute atomic E-state index is 0.0836. The Labute approximate surface area is 188 Å². The van der Waals surface area contributed by atoms with Crippen LogP contribution in [0.15, 0.2) is 76.6 Å². The quantitative estimate of drug-likeness (QED) is 0.566. The fourth-order valence-electron chi connectivity index (χ4n) is 3.41. The van der Waals surface area contributed by atoms with Gasteiger partial charge in [0.15, 0.2) is 0 Å². The number of rotatable bonds is 8. The third-order valence-corrected chi connectivity index (χ3v) is 7.43. The van der Waals surface area contributed by atoms with E-state index in [1.807, 2.05) is 12.1 Å². The summed E-state index contributed by atoms with van der Waals surface area (Å²) >= 11 is 0. The van der Waals surface area contributed by atoms with Crippen LogP contribution < -0.4 is 10.9 Å². The number of sulfonamides is 1. The number of carbonyl (C=O) groups is 1. The Kier molecular flexibility index (Phi) is 7.27. The summed E-state index contributed by atoms with van der Waals surface area (Å²) in [4.78, 5) is 24.8. The summed E-state index contributed by atoms with van der Waals surface area (Å²) in [7, 11) is -3.67. The van der Waals surface area contributed by atoms with Crippen LogP contribution in [0.4, 0.5) is 5.69 Å². The van der Waals surface area contributed by atoms with Crippen molar-refractivity contribution in [1.82, 2.24) is 8.87 Å². The van der Waals surface area contributed by atoms with Crippen LogP contribution in [0, 0.1) is 6.92 Å². The fraction of sp³-hybridized carbons (Fsp3) is 0.250. The molecule has 32 heavy (non-hydrogen) atoms. The van der Waals surface area contributed by atoms with Crippen LogP contribution in [0.3, 0.4) is 0 Å². The zero-order chi connectivity index (χ0) is 23.3. The Hall–Kier alpha value is -3.23. The van der Waals surface area contributed by atoms with Crippen molar-refractivity contribution in [2.24, 2.45) is 0 Å². The largest absolute Gasteiger partial charge is 0.322 e. The normalized spacial score (nSPS) is 11.5. The van der Waals surface area contributed by atoms with Crippen LogP contribution >= 0.6 is 0 Å². The van der Waals surface area contributed by atoms with E-state index in [9.17, 15) is 18.0 Å². The number of benzene rings is 2. The number of hydrogen-bond acceptors (Lipinski definition) is 4. The summed E-state index contributed by atoms with van der Waals surface area (Å²) in [6.45, 7) is 6.43. The second kappa shape index (κ2) is 9.93. The van der Waals surface area contributed by atoms with Crippen molar-refractivity contribution >= 4 is 21.6 Å². The lowest BCUT2D eigenvalue weighted by Crippen LogP contribution is -2.31. The molecule has 1 N–H and O–H groups in total. The van der Waals surface area contributed by atoms with Crippen molar-refractivity contribution in [2.75, 3.05) is 18.4 Å². The van der Waals surface area contributed by atoms with E-state index >= 15 is 0 Å². The van der Waals surface area contributed by atoms with E-state index < -0.39 is 15.9 Å². The van der Waals surface area contributed by atoms with Crippen LogP contribution in [-0.2, 0) is 16.6 Å². The van der Waals surface area contributed by atoms with Crippen LogP contribution in [-0.4, -0.2) is 36.3 Å². The molecule has 0 radical (unpaired) electrons. The third kappa shape index (κ3) is 5.15. The molecular formula is C24H27N3O4S. The highest BCUT2D eigenvalue weighted by molar-refractivity contribution is 7.89. The van der Waals surface area contributed by atoms with Gasteiger partial charge in [0.05, 0.1) is 11.4 Å². The summed E-state index contributed by atoms with van der Waals surface area (Å²) in [6.07, 6.45) is 1.72. The first-order valence-electron chi connectivity index (χ1n) is 10.4. The molecule has 168 valence electrons. The van der Waals surface area contributed by atoms with Crippen LogP contribution in [0.5, 0.6) is 0 Å². The van der Waals surface area contributed by atoms with Gasteiger partial charge in [0.2, 0.25) is 10.0 Å². The first-order valence-corrected chi connectivity index (χ1v) is 11.9. The molecule has 2 aromatic carbocycles.